The van der Waals surface area contributed by atoms with Gasteiger partial charge in [0, 0.05) is 57.4 Å². The maximum absolute atomic E-state index is 12.2. The number of hydrogen-bond donors (Lipinski definition) is 0. The third-order valence-electron chi connectivity index (χ3n) is 10.9. The molecule has 0 radical (unpaired) electrons. The molecule has 0 aliphatic carbocycles. The van der Waals surface area contributed by atoms with E-state index < -0.39 is 93.8 Å². The summed E-state index contributed by atoms with van der Waals surface area (Å²) in [6.07, 6.45) is 8.18. The third kappa shape index (κ3) is 20.8. The van der Waals surface area contributed by atoms with Crippen LogP contribution in [0.3, 0.4) is 0 Å². The van der Waals surface area contributed by atoms with Crippen molar-refractivity contribution in [1.29, 1.82) is 0 Å². The van der Waals surface area contributed by atoms with Crippen molar-refractivity contribution in [2.24, 2.45) is 0 Å². The van der Waals surface area contributed by atoms with Gasteiger partial charge in [-0.2, -0.15) is 22.8 Å². The Hall–Kier alpha value is 0.450. The number of unbranched alkanes of at least 4 members (excludes halogenated alkanes) is 2. The fourth-order valence-corrected chi connectivity index (χ4v) is 10.8. The van der Waals surface area contributed by atoms with E-state index in [1.807, 2.05) is 55.4 Å². The Labute approximate surface area is 547 Å². The second-order valence-electron chi connectivity index (χ2n) is 16.1. The molecule has 370 valence electrons. The monoisotopic (exact) mass is 1230 g/mol. The minimum Gasteiger partial charge on any atom is -0.754 e. The Morgan fingerprint density at radius 1 is 0.685 bits per heavy atom. The molecule has 2 aliphatic rings. The smallest absolute Gasteiger partial charge is 0.754 e. The number of halogens is 1. The predicted octanol–water partition coefficient (Wildman–Crippen LogP) is -11.0. The van der Waals surface area contributed by atoms with Crippen LogP contribution < -0.4 is 153 Å². The molecular formula is C41H40BrN2Na5O18S6. The Balaban J connectivity index is 0. The molecule has 4 aromatic carbocycles. The van der Waals surface area contributed by atoms with Gasteiger partial charge in [-0.25, -0.2) is 25.3 Å². The molecule has 0 fully saturated rings. The van der Waals surface area contributed by atoms with Gasteiger partial charge in [0.2, 0.25) is 0 Å². The van der Waals surface area contributed by atoms with Crippen LogP contribution in [0.5, 0.6) is 0 Å². The summed E-state index contributed by atoms with van der Waals surface area (Å²) in [5, 5.41) is 1.83. The largest absolute Gasteiger partial charge is 1.00 e. The number of anilines is 1. The molecule has 0 amide bonds. The van der Waals surface area contributed by atoms with Crippen LogP contribution in [0.2, 0.25) is 0 Å². The summed E-state index contributed by atoms with van der Waals surface area (Å²) in [7, 11) is -24.7. The fraction of sp³-hybridized carbons (Fsp3) is 0.341. The van der Waals surface area contributed by atoms with Crippen LogP contribution >= 0.6 is 15.9 Å². The molecular weight excluding hydrogens is 1200 g/mol. The van der Waals surface area contributed by atoms with Gasteiger partial charge in [-0.05, 0) is 73.3 Å². The fourth-order valence-electron chi connectivity index (χ4n) is 8.32. The second kappa shape index (κ2) is 30.9. The van der Waals surface area contributed by atoms with Crippen molar-refractivity contribution in [3.05, 3.63) is 106 Å². The van der Waals surface area contributed by atoms with Crippen molar-refractivity contribution >= 4 is 116 Å². The van der Waals surface area contributed by atoms with Crippen molar-refractivity contribution in [3.8, 4) is 0 Å². The summed E-state index contributed by atoms with van der Waals surface area (Å²) >= 11 is 3.66. The average molecular weight is 1240 g/mol. The van der Waals surface area contributed by atoms with Crippen LogP contribution in [0.4, 0.5) is 11.4 Å². The maximum Gasteiger partial charge on any atom is 1.00 e. The van der Waals surface area contributed by atoms with E-state index in [2.05, 4.69) is 28.1 Å². The first-order valence-electron chi connectivity index (χ1n) is 19.7. The van der Waals surface area contributed by atoms with Crippen molar-refractivity contribution < 1.29 is 229 Å². The molecule has 0 unspecified atom stereocenters. The van der Waals surface area contributed by atoms with E-state index in [1.54, 1.807) is 36.4 Å². The Kier molecular flexibility index (Phi) is 31.9. The summed E-state index contributed by atoms with van der Waals surface area (Å²) in [6, 6.07) is 17.8. The molecule has 0 atom stereocenters. The summed E-state index contributed by atoms with van der Waals surface area (Å²) < 4.78 is 194. The number of benzene rings is 4. The number of fused-ring (bicyclic) bond motifs is 6. The normalized spacial score (nSPS) is 15.2. The molecule has 6 rings (SSSR count). The van der Waals surface area contributed by atoms with E-state index in [1.165, 1.54) is 6.07 Å². The molecule has 2 heterocycles. The number of hydrogen-bond acceptors (Lipinski definition) is 19. The number of allylic oxidation sites excluding steroid dienone is 6. The van der Waals surface area contributed by atoms with E-state index >= 15 is 0 Å². The summed E-state index contributed by atoms with van der Waals surface area (Å²) in [6.45, 7) is 8.35. The maximum atomic E-state index is 12.2. The van der Waals surface area contributed by atoms with E-state index in [-0.39, 0.29) is 166 Å². The summed E-state index contributed by atoms with van der Waals surface area (Å²) in [5.41, 5.74) is 2.77. The van der Waals surface area contributed by atoms with Gasteiger partial charge in [0.25, 0.3) is 0 Å². The van der Waals surface area contributed by atoms with Crippen molar-refractivity contribution in [1.82, 2.24) is 0 Å². The van der Waals surface area contributed by atoms with Crippen LogP contribution in [0.25, 0.3) is 21.5 Å². The van der Waals surface area contributed by atoms with Gasteiger partial charge in [0.05, 0.1) is 45.9 Å². The SMILES string of the molecule is CC1(C)C(/C=C/C(Br)=C/C=C2/N(CCCCS(=O)(=O)[O-])c3ccc4c(S(=O)(=O)[O-])c[c-]cc4c3C2(C)C)=[N+](CCCCS(=O)(=O)[O-])c2ccc3[c-]cc(S(=O)(=O)[O-])cc3c21.O=S(=O)=O.O=S(=O)=O.[Na+].[Na+].[Na+].[Na+].[Na+]. The van der Waals surface area contributed by atoms with Crippen LogP contribution in [0, 0.1) is 12.1 Å². The minimum atomic E-state index is -4.84. The summed E-state index contributed by atoms with van der Waals surface area (Å²) in [4.78, 5) is 1.13. The molecule has 4 aromatic rings. The Morgan fingerprint density at radius 2 is 1.23 bits per heavy atom. The van der Waals surface area contributed by atoms with E-state index in [9.17, 15) is 51.9 Å². The zero-order valence-electron chi connectivity index (χ0n) is 41.2. The van der Waals surface area contributed by atoms with E-state index in [0.717, 1.165) is 34.7 Å². The van der Waals surface area contributed by atoms with Gasteiger partial charge in [0.15, 0.2) is 11.4 Å². The number of nitrogens with zero attached hydrogens (tertiary/aromatic N) is 2. The zero-order chi connectivity index (χ0) is 51.4. The van der Waals surface area contributed by atoms with Crippen LogP contribution in [-0.2, 0) is 72.5 Å². The summed E-state index contributed by atoms with van der Waals surface area (Å²) in [5.74, 6) is -1.07. The predicted molar refractivity (Wildman–Crippen MR) is 246 cm³/mol. The number of rotatable bonds is 15. The zero-order valence-corrected chi connectivity index (χ0v) is 57.6. The Bertz CT molecular complexity index is 3480. The first kappa shape index (κ1) is 75.5. The third-order valence-corrected chi connectivity index (χ3v) is 14.7. The molecule has 0 saturated heterocycles. The molecule has 0 aromatic heterocycles. The van der Waals surface area contributed by atoms with Gasteiger partial charge in [0.1, 0.15) is 6.54 Å². The van der Waals surface area contributed by atoms with Gasteiger partial charge < -0.3 is 23.1 Å². The standard InChI is InChI=1S/C41H44BrN2O12S4.5Na.2O3S/c1-40(2)36(44(23-6-8-25-58(48,49)50)34-19-17-30-31(38(34)40)10-9-11-35(30)60(54,55)56)20-14-28(42)15-21-37-41(3,4)39-32-26-29(59(51,52)53)16-12-27(32)13-18-33(39)43(37)22-5-7-24-57(45,46)47;;;;;;2*1-4(2)3/h10-11,13-21,26H,5-8,22-25H2,1-4H3,(H,45,46,47)(H,48,49,50)(H,51,52,53)(H,54,55,56);;;;;;;/q-1;5*+1;;/p-4. The molecule has 73 heavy (non-hydrogen) atoms. The van der Waals surface area contributed by atoms with Crippen molar-refractivity contribution in [2.45, 2.75) is 74.0 Å². The quantitative estimate of drug-likeness (QED) is 0.0266. The first-order valence-corrected chi connectivity index (χ1v) is 28.4. The minimum absolute atomic E-state index is 0. The molecule has 0 N–H and O–H groups in total. The van der Waals surface area contributed by atoms with Gasteiger partial charge in [-0.15, -0.1) is 65.7 Å². The molecule has 20 nitrogen and oxygen atoms in total. The molecule has 0 saturated carbocycles. The Morgan fingerprint density at radius 3 is 1.75 bits per heavy atom. The average Bonchev–Trinajstić information content (AvgIpc) is 3.55. The van der Waals surface area contributed by atoms with Crippen LogP contribution in [-0.4, -0.2) is 112 Å². The van der Waals surface area contributed by atoms with Crippen molar-refractivity contribution in [3.63, 3.8) is 0 Å². The van der Waals surface area contributed by atoms with Crippen LogP contribution in [0.15, 0.2) is 92.8 Å². The van der Waals surface area contributed by atoms with Gasteiger partial charge in [-0.1, -0.05) is 46.8 Å². The van der Waals surface area contributed by atoms with E-state index in [0.29, 0.717) is 57.9 Å². The van der Waals surface area contributed by atoms with Crippen molar-refractivity contribution in [2.75, 3.05) is 29.5 Å². The first-order chi connectivity index (χ1) is 31.2. The molecule has 0 bridgehead atoms. The van der Waals surface area contributed by atoms with Gasteiger partial charge >= 0.3 is 169 Å². The van der Waals surface area contributed by atoms with Crippen LogP contribution in [0.1, 0.15) is 64.5 Å². The molecule has 0 spiro atoms. The van der Waals surface area contributed by atoms with Gasteiger partial charge in [-0.3, -0.25) is 8.42 Å². The molecule has 2 aliphatic heterocycles. The van der Waals surface area contributed by atoms with E-state index in [4.69, 9.17) is 25.3 Å². The molecule has 32 heteroatoms. The topological polar surface area (TPSA) is 337 Å². The second-order valence-corrected chi connectivity index (χ2v) is 23.6.